The zero-order chi connectivity index (χ0) is 58.3. The average molecular weight is 1190 g/mol. The number of aromatic carboxylic acids is 2. The van der Waals surface area contributed by atoms with Crippen LogP contribution in [0.4, 0.5) is 26.3 Å². The van der Waals surface area contributed by atoms with E-state index in [1.165, 1.54) is 24.3 Å². The predicted octanol–water partition coefficient (Wildman–Crippen LogP) is 17.5. The molecule has 10 rings (SSSR count). The van der Waals surface area contributed by atoms with Gasteiger partial charge in [0.2, 0.25) is 0 Å². The standard InChI is InChI=1S/2C31H21Cl2F3N2O3/c2*32-24-11-14-26(27(33)16-24)28-18-38(17-20-3-7-23(8-4-20)30(39)40)29(37-28)15-19-1-5-21(6-2-19)22-9-12-25(13-10-22)41-31(34,35)36/h2*1-14,16,18H,15,17H2,(H,39,40). The second kappa shape index (κ2) is 25.1. The molecule has 0 aliphatic carbocycles. The average Bonchev–Trinajstić information content (AvgIpc) is 4.02. The van der Waals surface area contributed by atoms with E-state index < -0.39 is 24.7 Å². The Labute approximate surface area is 484 Å². The van der Waals surface area contributed by atoms with Gasteiger partial charge in [0.25, 0.3) is 0 Å². The van der Waals surface area contributed by atoms with E-state index in [0.717, 1.165) is 67.3 Å². The zero-order valence-electron chi connectivity index (χ0n) is 42.4. The lowest BCUT2D eigenvalue weighted by Crippen LogP contribution is -2.16. The summed E-state index contributed by atoms with van der Waals surface area (Å²) in [4.78, 5) is 32.2. The molecule has 0 unspecified atom stereocenters. The summed E-state index contributed by atoms with van der Waals surface area (Å²) in [5.41, 5.74) is 10.1. The highest BCUT2D eigenvalue weighted by molar-refractivity contribution is 6.37. The van der Waals surface area contributed by atoms with E-state index in [4.69, 9.17) is 56.4 Å². The SMILES string of the molecule is O=C(O)c1ccc(Cn2cc(-c3ccc(Cl)cc3Cl)nc2Cc2ccc(-c3ccc(OC(F)(F)F)cc3)cc2)cc1.O=C(O)c1ccc(Cn2cc(-c3ccc(Cl)cc3Cl)nc2Cc2ccc(-c3ccc(OC(F)(F)F)cc3)cc2)cc1. The van der Waals surface area contributed by atoms with E-state index >= 15 is 0 Å². The summed E-state index contributed by atoms with van der Waals surface area (Å²) < 4.78 is 86.6. The highest BCUT2D eigenvalue weighted by Gasteiger charge is 2.32. The highest BCUT2D eigenvalue weighted by atomic mass is 35.5. The molecular formula is C62H42Cl4F6N4O6. The van der Waals surface area contributed by atoms with Crippen LogP contribution in [0.3, 0.4) is 0 Å². The lowest BCUT2D eigenvalue weighted by Gasteiger charge is -2.10. The van der Waals surface area contributed by atoms with Gasteiger partial charge in [-0.15, -0.1) is 26.3 Å². The van der Waals surface area contributed by atoms with Crippen LogP contribution in [0.1, 0.15) is 54.6 Å². The fraction of sp³-hybridized carbons (Fsp3) is 0.0968. The number of hydrogen-bond donors (Lipinski definition) is 2. The summed E-state index contributed by atoms with van der Waals surface area (Å²) >= 11 is 25.1. The van der Waals surface area contributed by atoms with Crippen molar-refractivity contribution in [3.8, 4) is 56.3 Å². The van der Waals surface area contributed by atoms with Crippen LogP contribution >= 0.6 is 46.4 Å². The van der Waals surface area contributed by atoms with Gasteiger partial charge in [-0.2, -0.15) is 0 Å². The topological polar surface area (TPSA) is 129 Å². The number of nitrogens with zero attached hydrogens (tertiary/aromatic N) is 4. The van der Waals surface area contributed by atoms with Crippen LogP contribution in [0.15, 0.2) is 194 Å². The van der Waals surface area contributed by atoms with Gasteiger partial charge < -0.3 is 28.8 Å². The number of benzene rings is 8. The Kier molecular flexibility index (Phi) is 17.8. The predicted molar refractivity (Wildman–Crippen MR) is 303 cm³/mol. The molecule has 416 valence electrons. The van der Waals surface area contributed by atoms with Gasteiger partial charge in [0.1, 0.15) is 23.1 Å². The van der Waals surface area contributed by atoms with Crippen LogP contribution in [0.25, 0.3) is 44.8 Å². The first-order chi connectivity index (χ1) is 39.1. The van der Waals surface area contributed by atoms with Gasteiger partial charge in [-0.1, -0.05) is 143 Å². The van der Waals surface area contributed by atoms with Crippen molar-refractivity contribution in [2.45, 2.75) is 38.7 Å². The summed E-state index contributed by atoms with van der Waals surface area (Å²) in [7, 11) is 0. The summed E-state index contributed by atoms with van der Waals surface area (Å²) in [6.07, 6.45) is -4.72. The lowest BCUT2D eigenvalue weighted by atomic mass is 10.0. The zero-order valence-corrected chi connectivity index (χ0v) is 45.4. The molecule has 0 saturated carbocycles. The molecule has 2 N–H and O–H groups in total. The highest BCUT2D eigenvalue weighted by Crippen LogP contribution is 2.34. The molecule has 0 saturated heterocycles. The molecular weight excluding hydrogens is 1150 g/mol. The first-order valence-corrected chi connectivity index (χ1v) is 26.2. The Bertz CT molecular complexity index is 3620. The Hall–Kier alpha value is -8.54. The maximum atomic E-state index is 12.5. The molecule has 0 aliphatic rings. The number of ether oxygens (including phenoxy) is 2. The van der Waals surface area contributed by atoms with Crippen molar-refractivity contribution in [1.82, 2.24) is 19.1 Å². The Morgan fingerprint density at radius 3 is 1.02 bits per heavy atom. The minimum Gasteiger partial charge on any atom is -0.478 e. The minimum atomic E-state index is -4.74. The Morgan fingerprint density at radius 2 is 0.732 bits per heavy atom. The molecule has 2 heterocycles. The van der Waals surface area contributed by atoms with E-state index in [-0.39, 0.29) is 22.6 Å². The van der Waals surface area contributed by atoms with E-state index in [9.17, 15) is 46.1 Å². The first-order valence-electron chi connectivity index (χ1n) is 24.7. The second-order valence-corrected chi connectivity index (χ2v) is 20.2. The number of aromatic nitrogens is 4. The number of halogens is 10. The van der Waals surface area contributed by atoms with Crippen LogP contribution < -0.4 is 9.47 Å². The van der Waals surface area contributed by atoms with Gasteiger partial charge >= 0.3 is 24.7 Å². The molecule has 2 aromatic heterocycles. The molecule has 0 bridgehead atoms. The fourth-order valence-electron chi connectivity index (χ4n) is 8.71. The van der Waals surface area contributed by atoms with Crippen molar-refractivity contribution in [3.63, 3.8) is 0 Å². The van der Waals surface area contributed by atoms with Gasteiger partial charge in [0.05, 0.1) is 32.6 Å². The Balaban J connectivity index is 0.000000198. The Morgan fingerprint density at radius 1 is 0.427 bits per heavy atom. The monoisotopic (exact) mass is 1190 g/mol. The third kappa shape index (κ3) is 15.5. The summed E-state index contributed by atoms with van der Waals surface area (Å²) in [5, 5.41) is 20.4. The third-order valence-electron chi connectivity index (χ3n) is 12.7. The lowest BCUT2D eigenvalue weighted by molar-refractivity contribution is -0.275. The molecule has 0 atom stereocenters. The largest absolute Gasteiger partial charge is 0.573 e. The van der Waals surface area contributed by atoms with Crippen molar-refractivity contribution >= 4 is 58.3 Å². The van der Waals surface area contributed by atoms with Crippen LogP contribution in [-0.2, 0) is 25.9 Å². The number of rotatable bonds is 16. The molecule has 0 spiro atoms. The molecule has 0 amide bonds. The number of alkyl halides is 6. The molecule has 0 radical (unpaired) electrons. The van der Waals surface area contributed by atoms with Crippen molar-refractivity contribution in [2.75, 3.05) is 0 Å². The van der Waals surface area contributed by atoms with Crippen molar-refractivity contribution in [1.29, 1.82) is 0 Å². The van der Waals surface area contributed by atoms with Gasteiger partial charge in [-0.3, -0.25) is 0 Å². The number of carbonyl (C=O) groups is 2. The van der Waals surface area contributed by atoms with Crippen molar-refractivity contribution in [2.24, 2.45) is 0 Å². The van der Waals surface area contributed by atoms with E-state index in [1.54, 1.807) is 97.1 Å². The third-order valence-corrected chi connectivity index (χ3v) is 13.8. The maximum Gasteiger partial charge on any atom is 0.573 e. The maximum absolute atomic E-state index is 12.5. The van der Waals surface area contributed by atoms with Gasteiger partial charge in [0.15, 0.2) is 0 Å². The molecule has 8 aromatic carbocycles. The summed E-state index contributed by atoms with van der Waals surface area (Å²) in [6, 6.07) is 50.4. The van der Waals surface area contributed by atoms with E-state index in [1.807, 2.05) is 82.2 Å². The molecule has 20 heteroatoms. The fourth-order valence-corrected chi connectivity index (χ4v) is 9.72. The molecule has 10 nitrogen and oxygen atoms in total. The number of carboxylic acid groups (broad SMARTS) is 2. The summed E-state index contributed by atoms with van der Waals surface area (Å²) in [6.45, 7) is 0.912. The smallest absolute Gasteiger partial charge is 0.478 e. The van der Waals surface area contributed by atoms with Crippen LogP contribution in [0, 0.1) is 0 Å². The first kappa shape index (κ1) is 58.1. The quantitative estimate of drug-likeness (QED) is 0.0916. The van der Waals surface area contributed by atoms with Crippen molar-refractivity contribution < 1.29 is 55.6 Å². The number of imidazole rings is 2. The molecule has 0 fully saturated rings. The van der Waals surface area contributed by atoms with Crippen LogP contribution in [0.2, 0.25) is 20.1 Å². The number of carboxylic acids is 2. The van der Waals surface area contributed by atoms with Crippen molar-refractivity contribution in [3.05, 3.63) is 260 Å². The van der Waals surface area contributed by atoms with Gasteiger partial charge in [-0.05, 0) is 129 Å². The number of hydrogen-bond acceptors (Lipinski definition) is 6. The van der Waals surface area contributed by atoms with Crippen LogP contribution in [0.5, 0.6) is 11.5 Å². The molecule has 10 aromatic rings. The van der Waals surface area contributed by atoms with Crippen LogP contribution in [-0.4, -0.2) is 54.0 Å². The molecule has 0 aliphatic heterocycles. The second-order valence-electron chi connectivity index (χ2n) is 18.5. The normalized spacial score (nSPS) is 11.4. The summed E-state index contributed by atoms with van der Waals surface area (Å²) in [5.74, 6) is -1.02. The van der Waals surface area contributed by atoms with E-state index in [0.29, 0.717) is 57.4 Å². The van der Waals surface area contributed by atoms with Gasteiger partial charge in [-0.25, -0.2) is 19.6 Å². The van der Waals surface area contributed by atoms with E-state index in [2.05, 4.69) is 9.47 Å². The minimum absolute atomic E-state index is 0.204. The van der Waals surface area contributed by atoms with Gasteiger partial charge in [0, 0.05) is 59.5 Å². The molecule has 82 heavy (non-hydrogen) atoms.